The Hall–Kier alpha value is -0.458. The predicted octanol–water partition coefficient (Wildman–Crippen LogP) is -0.828. The Bertz CT molecular complexity index is 404. The fourth-order valence-corrected chi connectivity index (χ4v) is 2.82. The molecule has 0 amide bonds. The predicted molar refractivity (Wildman–Crippen MR) is 73.8 cm³/mol. The Labute approximate surface area is 133 Å². The van der Waals surface area contributed by atoms with Crippen LogP contribution in [0.4, 0.5) is 0 Å². The summed E-state index contributed by atoms with van der Waals surface area (Å²) < 4.78 is 1.33. The van der Waals surface area contributed by atoms with Gasteiger partial charge in [0.05, 0.1) is 6.20 Å². The monoisotopic (exact) mass is 371 g/mol. The summed E-state index contributed by atoms with van der Waals surface area (Å²) in [6.45, 7) is 8.93. The van der Waals surface area contributed by atoms with E-state index in [1.165, 1.54) is 15.2 Å². The molecule has 1 aromatic carbocycles. The van der Waals surface area contributed by atoms with Crippen molar-refractivity contribution in [1.82, 2.24) is 0 Å². The Morgan fingerprint density at radius 1 is 1.05 bits per heavy atom. The number of nitrogens with zero attached hydrogens (tertiary/aromatic N) is 1. The summed E-state index contributed by atoms with van der Waals surface area (Å²) in [4.78, 5) is 3.72. The standard InChI is InChI=1S/C12H17.C3H4N2.ClH.Pd/c1-9(2)11-6-5-7-12(8-11)10(3)4;1-2-5-3-4-1;;/h5-7,9-10H,1-4H3;1-3H,(H,4,5);1H;. The number of aliphatic imine (C=N–C) groups is 1. The van der Waals surface area contributed by atoms with Crippen LogP contribution >= 0.6 is 0 Å². The zero-order valence-corrected chi connectivity index (χ0v) is 14.1. The summed E-state index contributed by atoms with van der Waals surface area (Å²) in [6, 6.07) is 6.56. The van der Waals surface area contributed by atoms with Crippen molar-refractivity contribution in [2.45, 2.75) is 39.5 Å². The smallest absolute Gasteiger partial charge is 1.00 e. The molecule has 1 heterocycles. The second-order valence-electron chi connectivity index (χ2n) is 4.86. The molecule has 0 atom stereocenters. The molecule has 2 nitrogen and oxygen atoms in total. The zero-order chi connectivity index (χ0) is 13.5. The molecule has 0 fully saturated rings. The van der Waals surface area contributed by atoms with Crippen molar-refractivity contribution in [3.05, 3.63) is 41.7 Å². The van der Waals surface area contributed by atoms with Crippen LogP contribution in [0.15, 0.2) is 35.6 Å². The Morgan fingerprint density at radius 3 is 1.84 bits per heavy atom. The maximum absolute atomic E-state index is 3.72. The minimum atomic E-state index is 0. The van der Waals surface area contributed by atoms with E-state index in [1.54, 1.807) is 12.5 Å². The van der Waals surface area contributed by atoms with Gasteiger partial charge in [-0.3, -0.25) is 5.32 Å². The number of halogens is 1. The molecule has 0 saturated carbocycles. The molecule has 4 heteroatoms. The van der Waals surface area contributed by atoms with Crippen molar-refractivity contribution in [3.8, 4) is 0 Å². The second-order valence-corrected chi connectivity index (χ2v) is 5.64. The minimum Gasteiger partial charge on any atom is -1.00 e. The van der Waals surface area contributed by atoms with Crippen molar-refractivity contribution in [2.75, 3.05) is 0 Å². The van der Waals surface area contributed by atoms with Gasteiger partial charge in [-0.25, -0.2) is 4.99 Å². The van der Waals surface area contributed by atoms with E-state index < -0.39 is 0 Å². The van der Waals surface area contributed by atoms with Gasteiger partial charge in [-0.2, -0.15) is 0 Å². The molecule has 2 rings (SSSR count). The summed E-state index contributed by atoms with van der Waals surface area (Å²) in [5.41, 5.74) is 2.85. The first kappa shape index (κ1) is 18.5. The molecule has 1 aromatic rings. The number of hydrogen-bond acceptors (Lipinski definition) is 1. The normalized spacial score (nSPS) is 12.4. The van der Waals surface area contributed by atoms with Gasteiger partial charge < -0.3 is 12.4 Å². The van der Waals surface area contributed by atoms with Gasteiger partial charge in [0, 0.05) is 0 Å². The molecular formula is C15H22ClN2Pd. The van der Waals surface area contributed by atoms with Gasteiger partial charge >= 0.3 is 92.1 Å². The van der Waals surface area contributed by atoms with Gasteiger partial charge in [-0.1, -0.05) is 0 Å². The summed E-state index contributed by atoms with van der Waals surface area (Å²) >= 11 is 3.39. The van der Waals surface area contributed by atoms with Crippen molar-refractivity contribution < 1.29 is 36.9 Å². The Kier molecular flexibility index (Phi) is 9.22. The molecule has 1 aliphatic heterocycles. The quantitative estimate of drug-likeness (QED) is 0.658. The average molecular weight is 372 g/mol. The van der Waals surface area contributed by atoms with E-state index in [0.717, 1.165) is 0 Å². The van der Waals surface area contributed by atoms with E-state index >= 15 is 0 Å². The van der Waals surface area contributed by atoms with E-state index in [2.05, 4.69) is 70.1 Å². The maximum atomic E-state index is 3.72. The molecule has 0 bridgehead atoms. The molecule has 0 spiro atoms. The van der Waals surface area contributed by atoms with E-state index in [-0.39, 0.29) is 12.4 Å². The van der Waals surface area contributed by atoms with Crippen LogP contribution in [0.5, 0.6) is 0 Å². The fraction of sp³-hybridized carbons (Fsp3) is 0.400. The third-order valence-corrected chi connectivity index (χ3v) is 3.62. The summed E-state index contributed by atoms with van der Waals surface area (Å²) in [6.07, 6.45) is 5.39. The number of rotatable bonds is 2. The van der Waals surface area contributed by atoms with Gasteiger partial charge in [-0.05, 0) is 0 Å². The van der Waals surface area contributed by atoms with Crippen LogP contribution in [-0.4, -0.2) is 6.34 Å². The topological polar surface area (TPSA) is 29.0 Å². The number of hydrogen-bond donors (Lipinski definition) is 1. The minimum absolute atomic E-state index is 0. The van der Waals surface area contributed by atoms with E-state index in [1.807, 2.05) is 11.5 Å². The summed E-state index contributed by atoms with van der Waals surface area (Å²) in [5, 5.41) is 1.89. The van der Waals surface area contributed by atoms with Crippen molar-refractivity contribution in [3.63, 3.8) is 0 Å². The Balaban J connectivity index is 0.000000454. The van der Waals surface area contributed by atoms with Gasteiger partial charge in [-0.15, -0.1) is 0 Å². The van der Waals surface area contributed by atoms with Crippen molar-refractivity contribution >= 4 is 10.4 Å². The van der Waals surface area contributed by atoms with Gasteiger partial charge in [0.15, 0.2) is 6.34 Å². The second kappa shape index (κ2) is 9.45. The molecule has 19 heavy (non-hydrogen) atoms. The van der Waals surface area contributed by atoms with E-state index in [4.69, 9.17) is 0 Å². The number of benzene rings is 1. The molecule has 0 unspecified atom stereocenters. The van der Waals surface area contributed by atoms with Crippen LogP contribution in [0.3, 0.4) is 0 Å². The molecular weight excluding hydrogens is 350 g/mol. The van der Waals surface area contributed by atoms with Gasteiger partial charge in [0.25, 0.3) is 0 Å². The first-order valence-electron chi connectivity index (χ1n) is 6.31. The van der Waals surface area contributed by atoms with Crippen LogP contribution in [0.25, 0.3) is 0 Å². The SMILES string of the molecule is C1=C[NH2+]C=N1.CC(C)c1cccc(C(C)C)[c]1[Pd].[Cl-]. The Morgan fingerprint density at radius 2 is 1.58 bits per heavy atom. The van der Waals surface area contributed by atoms with Gasteiger partial charge in [0.1, 0.15) is 6.20 Å². The molecule has 0 aromatic heterocycles. The first-order chi connectivity index (χ1) is 8.54. The zero-order valence-electron chi connectivity index (χ0n) is 11.8. The van der Waals surface area contributed by atoms with Crippen molar-refractivity contribution in [2.24, 2.45) is 4.99 Å². The summed E-state index contributed by atoms with van der Waals surface area (Å²) in [7, 11) is 0. The van der Waals surface area contributed by atoms with E-state index in [9.17, 15) is 0 Å². The fourth-order valence-electron chi connectivity index (χ4n) is 1.66. The molecule has 0 aliphatic carbocycles. The number of nitrogens with two attached hydrogens (primary N) is 1. The third-order valence-electron chi connectivity index (χ3n) is 2.72. The van der Waals surface area contributed by atoms with E-state index in [0.29, 0.717) is 11.8 Å². The summed E-state index contributed by atoms with van der Waals surface area (Å²) in [5.74, 6) is 1.20. The van der Waals surface area contributed by atoms with Crippen LogP contribution < -0.4 is 21.8 Å². The molecule has 0 saturated heterocycles. The molecule has 109 valence electrons. The van der Waals surface area contributed by atoms with Crippen LogP contribution in [0, 0.1) is 0 Å². The average Bonchev–Trinajstić information content (AvgIpc) is 2.87. The maximum Gasteiger partial charge on any atom is -1.00 e. The number of quaternary nitrogens is 1. The van der Waals surface area contributed by atoms with Crippen LogP contribution in [-0.2, 0) is 19.2 Å². The van der Waals surface area contributed by atoms with Crippen molar-refractivity contribution in [1.29, 1.82) is 0 Å². The third kappa shape index (κ3) is 6.02. The molecule has 1 aliphatic rings. The largest absolute Gasteiger partial charge is 1.00 e. The molecule has 2 N–H and O–H groups in total. The van der Waals surface area contributed by atoms with Crippen LogP contribution in [0.1, 0.15) is 50.7 Å². The first-order valence-corrected chi connectivity index (χ1v) is 7.08. The molecule has 0 radical (unpaired) electrons. The van der Waals surface area contributed by atoms with Gasteiger partial charge in [0.2, 0.25) is 0 Å². The van der Waals surface area contributed by atoms with Crippen LogP contribution in [0.2, 0.25) is 0 Å².